The molecule has 0 fully saturated rings. The largest absolute Gasteiger partial charge is 0.417 e. The Morgan fingerprint density at radius 1 is 1.20 bits per heavy atom. The van der Waals surface area contributed by atoms with Gasteiger partial charge in [0.15, 0.2) is 0 Å². The van der Waals surface area contributed by atoms with Crippen LogP contribution < -0.4 is 5.32 Å². The zero-order valence-corrected chi connectivity index (χ0v) is 10.5. The van der Waals surface area contributed by atoms with Gasteiger partial charge in [0.1, 0.15) is 11.9 Å². The van der Waals surface area contributed by atoms with Gasteiger partial charge in [0, 0.05) is 5.69 Å². The average Bonchev–Trinajstić information content (AvgIpc) is 2.38. The van der Waals surface area contributed by atoms with Gasteiger partial charge < -0.3 is 5.32 Å². The Morgan fingerprint density at radius 3 is 2.40 bits per heavy atom. The molecular formula is C14H10F3N3. The van der Waals surface area contributed by atoms with Gasteiger partial charge in [0.2, 0.25) is 0 Å². The predicted octanol–water partition coefficient (Wildman–Crippen LogP) is 4.02. The number of anilines is 2. The number of pyridine rings is 1. The number of nitrogens with zero attached hydrogens (tertiary/aromatic N) is 2. The molecule has 0 aliphatic carbocycles. The van der Waals surface area contributed by atoms with Crippen LogP contribution in [0, 0.1) is 18.3 Å². The van der Waals surface area contributed by atoms with E-state index in [-0.39, 0.29) is 11.5 Å². The van der Waals surface area contributed by atoms with E-state index in [1.165, 1.54) is 6.92 Å². The lowest BCUT2D eigenvalue weighted by Crippen LogP contribution is -2.11. The van der Waals surface area contributed by atoms with Gasteiger partial charge in [-0.05, 0) is 25.1 Å². The molecule has 0 saturated carbocycles. The molecule has 0 radical (unpaired) electrons. The summed E-state index contributed by atoms with van der Waals surface area (Å²) in [4.78, 5) is 3.98. The first-order chi connectivity index (χ1) is 9.41. The topological polar surface area (TPSA) is 48.7 Å². The summed E-state index contributed by atoms with van der Waals surface area (Å²) in [5, 5.41) is 11.6. The molecule has 2 rings (SSSR count). The van der Waals surface area contributed by atoms with E-state index in [1.54, 1.807) is 36.4 Å². The lowest BCUT2D eigenvalue weighted by molar-refractivity contribution is -0.137. The summed E-state index contributed by atoms with van der Waals surface area (Å²) in [5.41, 5.74) is -0.764. The molecule has 20 heavy (non-hydrogen) atoms. The maximum atomic E-state index is 12.9. The number of para-hydroxylation sites is 1. The number of aryl methyl sites for hydroxylation is 1. The highest BCUT2D eigenvalue weighted by Crippen LogP contribution is 2.34. The molecular weight excluding hydrogens is 267 g/mol. The standard InChI is InChI=1S/C14H10F3N3/c1-9-11(8-18)12(14(15,16)17)7-13(19-9)20-10-5-3-2-4-6-10/h2-7H,1H3,(H,19,20). The van der Waals surface area contributed by atoms with Crippen LogP contribution in [0.5, 0.6) is 0 Å². The molecule has 0 aliphatic heterocycles. The van der Waals surface area contributed by atoms with Gasteiger partial charge in [0.25, 0.3) is 0 Å². The van der Waals surface area contributed by atoms with Crippen LogP contribution in [0.15, 0.2) is 36.4 Å². The van der Waals surface area contributed by atoms with E-state index in [2.05, 4.69) is 10.3 Å². The Morgan fingerprint density at radius 2 is 1.85 bits per heavy atom. The van der Waals surface area contributed by atoms with Crippen LogP contribution in [0.2, 0.25) is 0 Å². The Hall–Kier alpha value is -2.55. The molecule has 0 saturated heterocycles. The molecule has 1 heterocycles. The molecule has 0 aliphatic rings. The van der Waals surface area contributed by atoms with Crippen molar-refractivity contribution < 1.29 is 13.2 Å². The highest BCUT2D eigenvalue weighted by molar-refractivity contribution is 5.59. The SMILES string of the molecule is Cc1nc(Nc2ccccc2)cc(C(F)(F)F)c1C#N. The summed E-state index contributed by atoms with van der Waals surface area (Å²) in [6, 6.07) is 11.1. The number of alkyl halides is 3. The number of hydrogen-bond acceptors (Lipinski definition) is 3. The summed E-state index contributed by atoms with van der Waals surface area (Å²) in [6.07, 6.45) is -4.59. The highest BCUT2D eigenvalue weighted by Gasteiger charge is 2.35. The molecule has 3 nitrogen and oxygen atoms in total. The van der Waals surface area contributed by atoms with Crippen molar-refractivity contribution >= 4 is 11.5 Å². The van der Waals surface area contributed by atoms with Gasteiger partial charge >= 0.3 is 6.18 Å². The minimum absolute atomic E-state index is 0.0424. The average molecular weight is 277 g/mol. The molecule has 2 aromatic rings. The lowest BCUT2D eigenvalue weighted by atomic mass is 10.1. The van der Waals surface area contributed by atoms with E-state index in [9.17, 15) is 13.2 Å². The summed E-state index contributed by atoms with van der Waals surface area (Å²) >= 11 is 0. The molecule has 102 valence electrons. The van der Waals surface area contributed by atoms with Crippen LogP contribution in [0.4, 0.5) is 24.7 Å². The minimum Gasteiger partial charge on any atom is -0.340 e. The third kappa shape index (κ3) is 2.88. The summed E-state index contributed by atoms with van der Waals surface area (Å²) in [5.74, 6) is 0.0556. The van der Waals surface area contributed by atoms with Gasteiger partial charge in [-0.25, -0.2) is 4.98 Å². The first-order valence-corrected chi connectivity index (χ1v) is 5.73. The van der Waals surface area contributed by atoms with E-state index < -0.39 is 17.3 Å². The summed E-state index contributed by atoms with van der Waals surface area (Å²) < 4.78 is 38.8. The van der Waals surface area contributed by atoms with Crippen molar-refractivity contribution in [1.29, 1.82) is 5.26 Å². The quantitative estimate of drug-likeness (QED) is 0.901. The maximum Gasteiger partial charge on any atom is 0.417 e. The minimum atomic E-state index is -4.59. The van der Waals surface area contributed by atoms with Gasteiger partial charge in [-0.15, -0.1) is 0 Å². The Balaban J connectivity index is 2.47. The van der Waals surface area contributed by atoms with Gasteiger partial charge in [0.05, 0.1) is 16.8 Å². The second kappa shape index (κ2) is 5.21. The lowest BCUT2D eigenvalue weighted by Gasteiger charge is -2.13. The number of nitriles is 1. The van der Waals surface area contributed by atoms with Crippen LogP contribution in [-0.2, 0) is 6.18 Å². The van der Waals surface area contributed by atoms with Crippen molar-refractivity contribution in [2.45, 2.75) is 13.1 Å². The first kappa shape index (κ1) is 13.9. The molecule has 0 unspecified atom stereocenters. The van der Waals surface area contributed by atoms with Crippen LogP contribution in [-0.4, -0.2) is 4.98 Å². The van der Waals surface area contributed by atoms with Crippen LogP contribution in [0.3, 0.4) is 0 Å². The fourth-order valence-electron chi connectivity index (χ4n) is 1.77. The number of nitrogens with one attached hydrogen (secondary N) is 1. The first-order valence-electron chi connectivity index (χ1n) is 5.73. The van der Waals surface area contributed by atoms with Gasteiger partial charge in [-0.2, -0.15) is 18.4 Å². The van der Waals surface area contributed by atoms with Crippen molar-refractivity contribution in [1.82, 2.24) is 4.98 Å². The fraction of sp³-hybridized carbons (Fsp3) is 0.143. The van der Waals surface area contributed by atoms with E-state index in [4.69, 9.17) is 5.26 Å². The van der Waals surface area contributed by atoms with Gasteiger partial charge in [-0.1, -0.05) is 18.2 Å². The molecule has 1 aromatic carbocycles. The Bertz CT molecular complexity index is 658. The van der Waals surface area contributed by atoms with Crippen molar-refractivity contribution in [2.75, 3.05) is 5.32 Å². The second-order valence-corrected chi connectivity index (χ2v) is 4.12. The summed E-state index contributed by atoms with van der Waals surface area (Å²) in [7, 11) is 0. The molecule has 1 aromatic heterocycles. The zero-order valence-electron chi connectivity index (χ0n) is 10.5. The predicted molar refractivity (Wildman–Crippen MR) is 68.4 cm³/mol. The van der Waals surface area contributed by atoms with Gasteiger partial charge in [-0.3, -0.25) is 0 Å². The molecule has 1 N–H and O–H groups in total. The zero-order chi connectivity index (χ0) is 14.8. The number of aromatic nitrogens is 1. The van der Waals surface area contributed by atoms with Crippen molar-refractivity contribution in [3.05, 3.63) is 53.2 Å². The molecule has 0 amide bonds. The number of benzene rings is 1. The van der Waals surface area contributed by atoms with Crippen molar-refractivity contribution in [3.63, 3.8) is 0 Å². The van der Waals surface area contributed by atoms with Crippen molar-refractivity contribution in [2.24, 2.45) is 0 Å². The van der Waals surface area contributed by atoms with Crippen LogP contribution >= 0.6 is 0 Å². The Labute approximate surface area is 113 Å². The second-order valence-electron chi connectivity index (χ2n) is 4.12. The third-order valence-corrected chi connectivity index (χ3v) is 2.66. The van der Waals surface area contributed by atoms with E-state index in [0.29, 0.717) is 5.69 Å². The number of hydrogen-bond donors (Lipinski definition) is 1. The molecule has 0 spiro atoms. The monoisotopic (exact) mass is 277 g/mol. The van der Waals surface area contributed by atoms with E-state index in [1.807, 2.05) is 0 Å². The normalized spacial score (nSPS) is 10.9. The number of rotatable bonds is 2. The highest BCUT2D eigenvalue weighted by atomic mass is 19.4. The van der Waals surface area contributed by atoms with Crippen LogP contribution in [0.1, 0.15) is 16.8 Å². The van der Waals surface area contributed by atoms with Crippen molar-refractivity contribution in [3.8, 4) is 6.07 Å². The Kier molecular flexibility index (Phi) is 3.61. The number of halogens is 3. The van der Waals surface area contributed by atoms with E-state index in [0.717, 1.165) is 6.07 Å². The van der Waals surface area contributed by atoms with E-state index >= 15 is 0 Å². The molecule has 0 bridgehead atoms. The molecule has 0 atom stereocenters. The van der Waals surface area contributed by atoms with Crippen LogP contribution in [0.25, 0.3) is 0 Å². The molecule has 6 heteroatoms. The smallest absolute Gasteiger partial charge is 0.340 e. The third-order valence-electron chi connectivity index (χ3n) is 2.66. The fourth-order valence-corrected chi connectivity index (χ4v) is 1.77. The summed E-state index contributed by atoms with van der Waals surface area (Å²) in [6.45, 7) is 1.38. The maximum absolute atomic E-state index is 12.9.